The van der Waals surface area contributed by atoms with Crippen molar-refractivity contribution in [3.05, 3.63) is 58.7 Å². The van der Waals surface area contributed by atoms with Gasteiger partial charge in [-0.05, 0) is 79.1 Å². The first-order valence-electron chi connectivity index (χ1n) is 14.3. The van der Waals surface area contributed by atoms with E-state index in [-0.39, 0.29) is 17.6 Å². The van der Waals surface area contributed by atoms with Gasteiger partial charge in [0.2, 0.25) is 0 Å². The number of nitrogens with one attached hydrogen (secondary N) is 1. The van der Waals surface area contributed by atoms with E-state index in [2.05, 4.69) is 15.4 Å². The lowest BCUT2D eigenvalue weighted by molar-refractivity contribution is -0.129. The highest BCUT2D eigenvalue weighted by molar-refractivity contribution is 7.77. The Morgan fingerprint density at radius 1 is 1.02 bits per heavy atom. The predicted octanol–water partition coefficient (Wildman–Crippen LogP) is 4.61. The van der Waals surface area contributed by atoms with E-state index in [1.165, 1.54) is 12.0 Å². The van der Waals surface area contributed by atoms with Crippen molar-refractivity contribution >= 4 is 40.1 Å². The first-order chi connectivity index (χ1) is 19.8. The van der Waals surface area contributed by atoms with Crippen LogP contribution in [0.4, 0.5) is 0 Å². The molecule has 6 rings (SSSR count). The Bertz CT molecular complexity index is 1560. The second kappa shape index (κ2) is 11.4. The highest BCUT2D eigenvalue weighted by Gasteiger charge is 2.32. The van der Waals surface area contributed by atoms with Crippen LogP contribution in [0, 0.1) is 0 Å². The zero-order valence-electron chi connectivity index (χ0n) is 23.1. The lowest BCUT2D eigenvalue weighted by atomic mass is 9.81. The SMILES string of the molecule is COc1ccc2c(c1)C=C(C(=O)N1CCC(O)CC1)Cn1c-2c(C2CCCCC2)c2ccc(C(=O)NS(=O)O)cc21. The van der Waals surface area contributed by atoms with Gasteiger partial charge in [-0.25, -0.2) is 8.93 Å². The van der Waals surface area contributed by atoms with Gasteiger partial charge in [-0.15, -0.1) is 0 Å². The molecule has 0 bridgehead atoms. The minimum Gasteiger partial charge on any atom is -0.497 e. The summed E-state index contributed by atoms with van der Waals surface area (Å²) < 4.78 is 30.3. The average Bonchev–Trinajstić information content (AvgIpc) is 3.19. The van der Waals surface area contributed by atoms with E-state index < -0.39 is 17.2 Å². The minimum absolute atomic E-state index is 0.0656. The van der Waals surface area contributed by atoms with Crippen molar-refractivity contribution in [1.29, 1.82) is 0 Å². The Balaban J connectivity index is 1.57. The van der Waals surface area contributed by atoms with Gasteiger partial charge in [0, 0.05) is 40.7 Å². The molecule has 1 aliphatic carbocycles. The first-order valence-corrected chi connectivity index (χ1v) is 15.4. The molecule has 0 radical (unpaired) electrons. The average molecular weight is 578 g/mol. The van der Waals surface area contributed by atoms with Crippen LogP contribution in [0.1, 0.15) is 72.3 Å². The molecule has 3 aliphatic rings. The number of aromatic nitrogens is 1. The summed E-state index contributed by atoms with van der Waals surface area (Å²) in [6.07, 6.45) is 8.33. The van der Waals surface area contributed by atoms with Gasteiger partial charge in [0.05, 0.1) is 25.5 Å². The highest BCUT2D eigenvalue weighted by atomic mass is 32.2. The number of nitrogens with zero attached hydrogens (tertiary/aromatic N) is 2. The van der Waals surface area contributed by atoms with Crippen molar-refractivity contribution in [3.8, 4) is 17.0 Å². The number of amides is 2. The number of fused-ring (bicyclic) bond motifs is 5. The van der Waals surface area contributed by atoms with Crippen molar-refractivity contribution in [2.45, 2.75) is 63.5 Å². The lowest BCUT2D eigenvalue weighted by Crippen LogP contribution is -2.41. The van der Waals surface area contributed by atoms with Crippen molar-refractivity contribution < 1.29 is 28.2 Å². The zero-order valence-corrected chi connectivity index (χ0v) is 23.9. The molecule has 3 heterocycles. The van der Waals surface area contributed by atoms with Crippen LogP contribution in [0.2, 0.25) is 0 Å². The largest absolute Gasteiger partial charge is 0.497 e. The molecule has 1 saturated heterocycles. The van der Waals surface area contributed by atoms with Crippen LogP contribution in [-0.4, -0.2) is 61.5 Å². The zero-order chi connectivity index (χ0) is 28.7. The van der Waals surface area contributed by atoms with E-state index in [4.69, 9.17) is 4.74 Å². The van der Waals surface area contributed by atoms with E-state index in [0.717, 1.165) is 53.4 Å². The number of methoxy groups -OCH3 is 1. The molecule has 2 aliphatic heterocycles. The van der Waals surface area contributed by atoms with Crippen LogP contribution in [-0.2, 0) is 22.6 Å². The quantitative estimate of drug-likeness (QED) is 0.381. The Morgan fingerprint density at radius 3 is 2.49 bits per heavy atom. The van der Waals surface area contributed by atoms with Crippen LogP contribution < -0.4 is 9.46 Å². The van der Waals surface area contributed by atoms with E-state index in [0.29, 0.717) is 49.7 Å². The molecule has 41 heavy (non-hydrogen) atoms. The molecular formula is C31H35N3O6S. The molecular weight excluding hydrogens is 542 g/mol. The van der Waals surface area contributed by atoms with Crippen LogP contribution in [0.5, 0.6) is 5.75 Å². The molecule has 1 unspecified atom stereocenters. The maximum Gasteiger partial charge on any atom is 0.264 e. The molecule has 1 atom stereocenters. The number of rotatable bonds is 5. The number of hydrogen-bond donors (Lipinski definition) is 3. The summed E-state index contributed by atoms with van der Waals surface area (Å²) in [6, 6.07) is 11.4. The van der Waals surface area contributed by atoms with Crippen molar-refractivity contribution in [1.82, 2.24) is 14.2 Å². The second-order valence-corrected chi connectivity index (χ2v) is 11.9. The minimum atomic E-state index is -2.48. The first kappa shape index (κ1) is 27.7. The third-order valence-corrected chi connectivity index (χ3v) is 9.12. The van der Waals surface area contributed by atoms with Crippen LogP contribution in [0.25, 0.3) is 28.2 Å². The number of likely N-dealkylation sites (tertiary alicyclic amines) is 1. The molecule has 2 amide bonds. The number of ether oxygens (including phenoxy) is 1. The molecule has 9 nitrogen and oxygen atoms in total. The van der Waals surface area contributed by atoms with Gasteiger partial charge in [0.1, 0.15) is 5.75 Å². The topological polar surface area (TPSA) is 121 Å². The molecule has 2 aromatic carbocycles. The van der Waals surface area contributed by atoms with Crippen molar-refractivity contribution in [2.75, 3.05) is 20.2 Å². The number of aliphatic hydroxyl groups is 1. The molecule has 3 aromatic rings. The number of hydrogen-bond acceptors (Lipinski definition) is 5. The van der Waals surface area contributed by atoms with Crippen molar-refractivity contribution in [3.63, 3.8) is 0 Å². The van der Waals surface area contributed by atoms with E-state index in [1.54, 1.807) is 19.2 Å². The molecule has 0 spiro atoms. The number of aliphatic hydroxyl groups excluding tert-OH is 1. The number of carbonyl (C=O) groups excluding carboxylic acids is 2. The van der Waals surface area contributed by atoms with Gasteiger partial charge >= 0.3 is 0 Å². The molecule has 10 heteroatoms. The maximum atomic E-state index is 13.9. The summed E-state index contributed by atoms with van der Waals surface area (Å²) in [7, 11) is 1.63. The fraction of sp³-hybridized carbons (Fsp3) is 0.419. The fourth-order valence-electron chi connectivity index (χ4n) is 6.72. The Labute approximate surface area is 241 Å². The molecule has 1 saturated carbocycles. The van der Waals surface area contributed by atoms with Crippen LogP contribution in [0.15, 0.2) is 42.0 Å². The number of benzene rings is 2. The van der Waals surface area contributed by atoms with Gasteiger partial charge in [-0.1, -0.05) is 25.3 Å². The fourth-order valence-corrected chi connectivity index (χ4v) is 7.00. The van der Waals surface area contributed by atoms with Crippen LogP contribution >= 0.6 is 0 Å². The monoisotopic (exact) mass is 577 g/mol. The van der Waals surface area contributed by atoms with Gasteiger partial charge < -0.3 is 19.3 Å². The molecule has 1 aromatic heterocycles. The van der Waals surface area contributed by atoms with Crippen LogP contribution in [0.3, 0.4) is 0 Å². The summed E-state index contributed by atoms with van der Waals surface area (Å²) in [6.45, 7) is 1.31. The normalized spacial score (nSPS) is 18.7. The summed E-state index contributed by atoms with van der Waals surface area (Å²) in [5, 5.41) is 11.0. The van der Waals surface area contributed by atoms with E-state index in [1.807, 2.05) is 29.2 Å². The smallest absolute Gasteiger partial charge is 0.264 e. The summed E-state index contributed by atoms with van der Waals surface area (Å²) in [5.41, 5.74) is 5.88. The van der Waals surface area contributed by atoms with E-state index >= 15 is 0 Å². The maximum absolute atomic E-state index is 13.9. The van der Waals surface area contributed by atoms with Gasteiger partial charge in [0.15, 0.2) is 0 Å². The summed E-state index contributed by atoms with van der Waals surface area (Å²) in [4.78, 5) is 28.5. The van der Waals surface area contributed by atoms with Gasteiger partial charge in [0.25, 0.3) is 23.1 Å². The van der Waals surface area contributed by atoms with Crippen molar-refractivity contribution in [2.24, 2.45) is 0 Å². The molecule has 216 valence electrons. The number of carbonyl (C=O) groups is 2. The third kappa shape index (κ3) is 5.31. The standard InChI is InChI=1S/C31H35N3O6S/c1-40-24-8-10-25-21(16-24)15-22(31(37)33-13-11-23(35)12-14-33)18-34-27-17-20(30(36)32-41(38)39)7-9-26(27)28(29(25)34)19-5-3-2-4-6-19/h7-10,15-17,19,23,35H,2-6,11-14,18H2,1H3,(H,32,36)(H,38,39). The molecule has 3 N–H and O–H groups in total. The Morgan fingerprint density at radius 2 is 1.78 bits per heavy atom. The van der Waals surface area contributed by atoms with E-state index in [9.17, 15) is 23.5 Å². The van der Waals surface area contributed by atoms with Gasteiger partial charge in [-0.2, -0.15) is 0 Å². The molecule has 2 fully saturated rings. The lowest BCUT2D eigenvalue weighted by Gasteiger charge is -2.30. The predicted molar refractivity (Wildman–Crippen MR) is 158 cm³/mol. The summed E-state index contributed by atoms with van der Waals surface area (Å²) in [5.74, 6) is 0.333. The number of piperidine rings is 1. The Kier molecular flexibility index (Phi) is 7.72. The highest BCUT2D eigenvalue weighted by Crippen LogP contribution is 2.47. The Hall–Kier alpha value is -3.47. The summed E-state index contributed by atoms with van der Waals surface area (Å²) >= 11 is -2.48. The second-order valence-electron chi connectivity index (χ2n) is 11.2. The third-order valence-electron chi connectivity index (χ3n) is 8.76. The van der Waals surface area contributed by atoms with Gasteiger partial charge in [-0.3, -0.25) is 14.1 Å².